The van der Waals surface area contributed by atoms with Crippen molar-refractivity contribution >= 4 is 28.7 Å². The Kier molecular flexibility index (Phi) is 5.91. The molecule has 2 heterocycles. The van der Waals surface area contributed by atoms with Gasteiger partial charge in [0.05, 0.1) is 17.2 Å². The summed E-state index contributed by atoms with van der Waals surface area (Å²) in [5.74, 6) is 1.01. The van der Waals surface area contributed by atoms with Crippen molar-refractivity contribution < 1.29 is 4.79 Å². The lowest BCUT2D eigenvalue weighted by atomic mass is 10.0. The van der Waals surface area contributed by atoms with Gasteiger partial charge in [-0.1, -0.05) is 61.2 Å². The van der Waals surface area contributed by atoms with E-state index in [1.54, 1.807) is 24.2 Å². The molecule has 4 rings (SSSR count). The van der Waals surface area contributed by atoms with Crippen LogP contribution >= 0.6 is 11.8 Å². The molecular weight excluding hydrogens is 380 g/mol. The van der Waals surface area contributed by atoms with E-state index < -0.39 is 0 Å². The van der Waals surface area contributed by atoms with E-state index in [1.807, 2.05) is 48.5 Å². The van der Waals surface area contributed by atoms with Crippen LogP contribution in [0.3, 0.4) is 0 Å². The van der Waals surface area contributed by atoms with Crippen molar-refractivity contribution in [1.82, 2.24) is 20.3 Å². The number of carbonyl (C=O) groups is 1. The van der Waals surface area contributed by atoms with E-state index >= 15 is 0 Å². The third-order valence-electron chi connectivity index (χ3n) is 4.79. The molecule has 2 N–H and O–H groups in total. The molecule has 0 fully saturated rings. The molecule has 4 aromatic rings. The number of aromatic nitrogens is 3. The van der Waals surface area contributed by atoms with Gasteiger partial charge in [-0.15, -0.1) is 0 Å². The fraction of sp³-hybridized carbons (Fsp3) is 0.174. The first kappa shape index (κ1) is 19.2. The van der Waals surface area contributed by atoms with Gasteiger partial charge in [-0.25, -0.2) is 4.98 Å². The molecule has 29 heavy (non-hydrogen) atoms. The molecule has 0 saturated heterocycles. The summed E-state index contributed by atoms with van der Waals surface area (Å²) in [5, 5.41) is 3.89. The van der Waals surface area contributed by atoms with Crippen molar-refractivity contribution in [2.75, 3.05) is 6.54 Å². The molecule has 146 valence electrons. The Morgan fingerprint density at radius 1 is 1.10 bits per heavy atom. The quantitative estimate of drug-likeness (QED) is 0.436. The predicted molar refractivity (Wildman–Crippen MR) is 117 cm³/mol. The summed E-state index contributed by atoms with van der Waals surface area (Å²) in [6.45, 7) is 2.73. The maximum absolute atomic E-state index is 12.4. The Morgan fingerprint density at radius 3 is 2.66 bits per heavy atom. The second-order valence-corrected chi connectivity index (χ2v) is 7.91. The Hall–Kier alpha value is -3.12. The number of pyridine rings is 1. The molecular formula is C23H22N4OS. The van der Waals surface area contributed by atoms with Crippen LogP contribution in [0.5, 0.6) is 0 Å². The van der Waals surface area contributed by atoms with Gasteiger partial charge in [-0.2, -0.15) is 0 Å². The van der Waals surface area contributed by atoms with E-state index in [0.29, 0.717) is 12.1 Å². The molecule has 2 aromatic carbocycles. The average molecular weight is 403 g/mol. The molecule has 0 aliphatic carbocycles. The van der Waals surface area contributed by atoms with Gasteiger partial charge < -0.3 is 10.3 Å². The van der Waals surface area contributed by atoms with Gasteiger partial charge in [0, 0.05) is 24.1 Å². The zero-order valence-corrected chi connectivity index (χ0v) is 16.9. The van der Waals surface area contributed by atoms with Crippen LogP contribution in [0.25, 0.3) is 11.0 Å². The smallest absolute Gasteiger partial charge is 0.251 e. The number of benzene rings is 2. The minimum Gasteiger partial charge on any atom is -0.351 e. The van der Waals surface area contributed by atoms with E-state index in [9.17, 15) is 4.79 Å². The number of amides is 1. The van der Waals surface area contributed by atoms with Crippen molar-refractivity contribution in [3.8, 4) is 0 Å². The van der Waals surface area contributed by atoms with Crippen LogP contribution in [0, 0.1) is 0 Å². The Morgan fingerprint density at radius 2 is 1.90 bits per heavy atom. The van der Waals surface area contributed by atoms with Crippen molar-refractivity contribution in [3.63, 3.8) is 0 Å². The Labute approximate surface area is 174 Å². The first-order valence-electron chi connectivity index (χ1n) is 9.53. The van der Waals surface area contributed by atoms with Gasteiger partial charge in [0.15, 0.2) is 5.16 Å². The Bertz CT molecular complexity index is 1060. The lowest BCUT2D eigenvalue weighted by Gasteiger charge is -2.13. The van der Waals surface area contributed by atoms with Gasteiger partial charge in [0.25, 0.3) is 5.91 Å². The van der Waals surface area contributed by atoms with Gasteiger partial charge in [0.1, 0.15) is 0 Å². The number of hydrogen-bond donors (Lipinski definition) is 2. The summed E-state index contributed by atoms with van der Waals surface area (Å²) >= 11 is 1.63. The number of rotatable bonds is 7. The lowest BCUT2D eigenvalue weighted by Crippen LogP contribution is -2.27. The predicted octanol–water partition coefficient (Wildman–Crippen LogP) is 4.78. The molecule has 0 aliphatic rings. The van der Waals surface area contributed by atoms with Crippen molar-refractivity contribution in [2.45, 2.75) is 23.8 Å². The minimum absolute atomic E-state index is 0.0447. The highest BCUT2D eigenvalue weighted by Gasteiger charge is 2.10. The number of thioether (sulfide) groups is 1. The summed E-state index contributed by atoms with van der Waals surface area (Å²) in [7, 11) is 0. The first-order valence-corrected chi connectivity index (χ1v) is 10.5. The summed E-state index contributed by atoms with van der Waals surface area (Å²) in [6.07, 6.45) is 3.51. The highest BCUT2D eigenvalue weighted by atomic mass is 32.2. The number of H-pyrrole nitrogens is 1. The molecule has 1 amide bonds. The zero-order chi connectivity index (χ0) is 20.1. The van der Waals surface area contributed by atoms with E-state index in [1.165, 1.54) is 5.56 Å². The number of aromatic amines is 1. The van der Waals surface area contributed by atoms with Crippen LogP contribution in [-0.2, 0) is 5.75 Å². The number of hydrogen-bond acceptors (Lipinski definition) is 4. The van der Waals surface area contributed by atoms with Gasteiger partial charge in [-0.3, -0.25) is 9.78 Å². The van der Waals surface area contributed by atoms with Crippen molar-refractivity contribution in [2.24, 2.45) is 0 Å². The SMILES string of the molecule is C[C@@H](CNC(=O)c1ccc(CSc2nc3ccncc3[nH]2)cc1)c1ccccc1. The van der Waals surface area contributed by atoms with Crippen LogP contribution in [0.1, 0.15) is 34.3 Å². The summed E-state index contributed by atoms with van der Waals surface area (Å²) in [4.78, 5) is 24.3. The topological polar surface area (TPSA) is 70.7 Å². The third kappa shape index (κ3) is 4.84. The van der Waals surface area contributed by atoms with Crippen LogP contribution < -0.4 is 5.32 Å². The van der Waals surface area contributed by atoms with Gasteiger partial charge in [0.2, 0.25) is 0 Å². The Balaban J connectivity index is 1.30. The van der Waals surface area contributed by atoms with E-state index in [-0.39, 0.29) is 11.8 Å². The molecule has 0 spiro atoms. The highest BCUT2D eigenvalue weighted by Crippen LogP contribution is 2.23. The summed E-state index contributed by atoms with van der Waals surface area (Å²) in [5.41, 5.74) is 4.89. The molecule has 0 unspecified atom stereocenters. The summed E-state index contributed by atoms with van der Waals surface area (Å²) < 4.78 is 0. The molecule has 0 bridgehead atoms. The average Bonchev–Trinajstić information content (AvgIpc) is 3.20. The molecule has 0 aliphatic heterocycles. The fourth-order valence-corrected chi connectivity index (χ4v) is 3.89. The number of carbonyl (C=O) groups excluding carboxylic acids is 1. The van der Waals surface area contributed by atoms with Crippen molar-refractivity contribution in [3.05, 3.63) is 89.7 Å². The number of nitrogens with one attached hydrogen (secondary N) is 2. The molecule has 5 nitrogen and oxygen atoms in total. The van der Waals surface area contributed by atoms with Gasteiger partial charge in [-0.05, 0) is 35.2 Å². The molecule has 6 heteroatoms. The molecule has 0 saturated carbocycles. The van der Waals surface area contributed by atoms with Crippen molar-refractivity contribution in [1.29, 1.82) is 0 Å². The number of imidazole rings is 1. The van der Waals surface area contributed by atoms with Crippen LogP contribution in [0.4, 0.5) is 0 Å². The van der Waals surface area contributed by atoms with Gasteiger partial charge >= 0.3 is 0 Å². The van der Waals surface area contributed by atoms with E-state index in [0.717, 1.165) is 27.5 Å². The lowest BCUT2D eigenvalue weighted by molar-refractivity contribution is 0.0951. The third-order valence-corrected chi connectivity index (χ3v) is 5.74. The zero-order valence-electron chi connectivity index (χ0n) is 16.1. The first-order chi connectivity index (χ1) is 14.2. The minimum atomic E-state index is -0.0447. The molecule has 0 radical (unpaired) electrons. The van der Waals surface area contributed by atoms with Crippen LogP contribution in [-0.4, -0.2) is 27.4 Å². The van der Waals surface area contributed by atoms with E-state index in [4.69, 9.17) is 0 Å². The number of fused-ring (bicyclic) bond motifs is 1. The molecule has 1 atom stereocenters. The maximum atomic E-state index is 12.4. The second-order valence-electron chi connectivity index (χ2n) is 6.94. The van der Waals surface area contributed by atoms with Crippen LogP contribution in [0.15, 0.2) is 78.2 Å². The summed E-state index contributed by atoms with van der Waals surface area (Å²) in [6, 6.07) is 19.8. The fourth-order valence-electron chi connectivity index (χ4n) is 3.05. The maximum Gasteiger partial charge on any atom is 0.251 e. The van der Waals surface area contributed by atoms with Crippen LogP contribution in [0.2, 0.25) is 0 Å². The molecule has 2 aromatic heterocycles. The standard InChI is InChI=1S/C23H22N4OS/c1-16(18-5-3-2-4-6-18)13-25-22(28)19-9-7-17(8-10-19)15-29-23-26-20-11-12-24-14-21(20)27-23/h2-12,14,16H,13,15H2,1H3,(H,25,28)(H,26,27)/t16-/m0/s1. The van der Waals surface area contributed by atoms with E-state index in [2.05, 4.69) is 39.3 Å². The monoisotopic (exact) mass is 402 g/mol. The highest BCUT2D eigenvalue weighted by molar-refractivity contribution is 7.98. The second kappa shape index (κ2) is 8.92. The normalized spacial score (nSPS) is 12.0. The number of nitrogens with zero attached hydrogens (tertiary/aromatic N) is 2. The largest absolute Gasteiger partial charge is 0.351 e.